The summed E-state index contributed by atoms with van der Waals surface area (Å²) < 4.78 is 5.75. The number of pyridine rings is 1. The summed E-state index contributed by atoms with van der Waals surface area (Å²) in [5.41, 5.74) is 0.810. The SMILES string of the molecule is O=C1OCCCN1c1ccncc1Br. The summed E-state index contributed by atoms with van der Waals surface area (Å²) in [6.45, 7) is 1.21. The Balaban J connectivity index is 2.29. The van der Waals surface area contributed by atoms with E-state index < -0.39 is 0 Å². The third-order valence-corrected chi connectivity index (χ3v) is 2.62. The summed E-state index contributed by atoms with van der Waals surface area (Å²) >= 11 is 3.35. The van der Waals surface area contributed by atoms with Crippen LogP contribution in [0, 0.1) is 0 Å². The van der Waals surface area contributed by atoms with Gasteiger partial charge in [-0.25, -0.2) is 4.79 Å². The molecule has 0 N–H and O–H groups in total. The lowest BCUT2D eigenvalue weighted by atomic mass is 10.3. The van der Waals surface area contributed by atoms with Gasteiger partial charge in [-0.15, -0.1) is 0 Å². The minimum atomic E-state index is -0.289. The zero-order valence-corrected chi connectivity index (χ0v) is 9.03. The molecule has 2 heterocycles. The first kappa shape index (κ1) is 9.45. The van der Waals surface area contributed by atoms with Crippen LogP contribution in [0.5, 0.6) is 0 Å². The van der Waals surface area contributed by atoms with Gasteiger partial charge in [0, 0.05) is 18.9 Å². The average molecular weight is 257 g/mol. The highest BCUT2D eigenvalue weighted by Crippen LogP contribution is 2.26. The quantitative estimate of drug-likeness (QED) is 0.774. The van der Waals surface area contributed by atoms with Gasteiger partial charge in [-0.05, 0) is 28.4 Å². The molecule has 0 radical (unpaired) electrons. The molecule has 14 heavy (non-hydrogen) atoms. The number of aromatic nitrogens is 1. The van der Waals surface area contributed by atoms with E-state index in [1.165, 1.54) is 0 Å². The third kappa shape index (κ3) is 1.72. The van der Waals surface area contributed by atoms with Gasteiger partial charge in [0.05, 0.1) is 16.8 Å². The molecule has 1 fully saturated rings. The molecule has 1 aromatic heterocycles. The van der Waals surface area contributed by atoms with Crippen LogP contribution in [0.15, 0.2) is 22.9 Å². The molecule has 4 nitrogen and oxygen atoms in total. The predicted octanol–water partition coefficient (Wildman–Crippen LogP) is 2.19. The monoisotopic (exact) mass is 256 g/mol. The lowest BCUT2D eigenvalue weighted by Crippen LogP contribution is -2.37. The van der Waals surface area contributed by atoms with Gasteiger partial charge in [0.15, 0.2) is 0 Å². The first-order chi connectivity index (χ1) is 6.79. The highest BCUT2D eigenvalue weighted by molar-refractivity contribution is 9.10. The molecule has 1 aliphatic heterocycles. The molecular weight excluding hydrogens is 248 g/mol. The predicted molar refractivity (Wildman–Crippen MR) is 55.2 cm³/mol. The van der Waals surface area contributed by atoms with E-state index in [2.05, 4.69) is 20.9 Å². The van der Waals surface area contributed by atoms with Crippen LogP contribution in [-0.2, 0) is 4.74 Å². The minimum Gasteiger partial charge on any atom is -0.449 e. The van der Waals surface area contributed by atoms with Crippen LogP contribution < -0.4 is 4.90 Å². The average Bonchev–Trinajstić information content (AvgIpc) is 2.20. The number of cyclic esters (lactones) is 1. The zero-order chi connectivity index (χ0) is 9.97. The highest BCUT2D eigenvalue weighted by Gasteiger charge is 2.22. The van der Waals surface area contributed by atoms with Crippen molar-refractivity contribution < 1.29 is 9.53 Å². The van der Waals surface area contributed by atoms with Crippen molar-refractivity contribution in [1.82, 2.24) is 4.98 Å². The van der Waals surface area contributed by atoms with E-state index in [-0.39, 0.29) is 6.09 Å². The lowest BCUT2D eigenvalue weighted by molar-refractivity contribution is 0.140. The number of halogens is 1. The van der Waals surface area contributed by atoms with Gasteiger partial charge in [-0.3, -0.25) is 9.88 Å². The lowest BCUT2D eigenvalue weighted by Gasteiger charge is -2.26. The topological polar surface area (TPSA) is 42.4 Å². The van der Waals surface area contributed by atoms with E-state index in [9.17, 15) is 4.79 Å². The van der Waals surface area contributed by atoms with Crippen molar-refractivity contribution in [3.8, 4) is 0 Å². The van der Waals surface area contributed by atoms with E-state index in [4.69, 9.17) is 4.74 Å². The van der Waals surface area contributed by atoms with Gasteiger partial charge < -0.3 is 4.74 Å². The Labute approximate surface area is 90.0 Å². The molecule has 0 aromatic carbocycles. The molecule has 1 saturated heterocycles. The van der Waals surface area contributed by atoms with Crippen molar-refractivity contribution in [3.05, 3.63) is 22.9 Å². The Morgan fingerprint density at radius 3 is 3.14 bits per heavy atom. The zero-order valence-electron chi connectivity index (χ0n) is 7.44. The second-order valence-corrected chi connectivity index (χ2v) is 3.80. The van der Waals surface area contributed by atoms with Crippen LogP contribution in [0.2, 0.25) is 0 Å². The fraction of sp³-hybridized carbons (Fsp3) is 0.333. The summed E-state index contributed by atoms with van der Waals surface area (Å²) in [4.78, 5) is 17.0. The van der Waals surface area contributed by atoms with Gasteiger partial charge in [0.2, 0.25) is 0 Å². The van der Waals surface area contributed by atoms with Crippen LogP contribution in [0.25, 0.3) is 0 Å². The van der Waals surface area contributed by atoms with Crippen LogP contribution >= 0.6 is 15.9 Å². The summed E-state index contributed by atoms with van der Waals surface area (Å²) in [5, 5.41) is 0. The Morgan fingerprint density at radius 1 is 1.57 bits per heavy atom. The Bertz CT molecular complexity index is 356. The van der Waals surface area contributed by atoms with Gasteiger partial charge in [-0.1, -0.05) is 0 Å². The number of nitrogens with zero attached hydrogens (tertiary/aromatic N) is 2. The van der Waals surface area contributed by atoms with E-state index in [0.29, 0.717) is 13.2 Å². The first-order valence-electron chi connectivity index (χ1n) is 4.33. The second kappa shape index (κ2) is 3.96. The van der Waals surface area contributed by atoms with Crippen LogP contribution in [-0.4, -0.2) is 24.2 Å². The summed E-state index contributed by atoms with van der Waals surface area (Å²) in [5.74, 6) is 0. The molecule has 1 aromatic rings. The number of carbonyl (C=O) groups excluding carboxylic acids is 1. The molecule has 1 aliphatic rings. The maximum atomic E-state index is 11.4. The maximum absolute atomic E-state index is 11.4. The van der Waals surface area contributed by atoms with E-state index in [1.54, 1.807) is 23.4 Å². The minimum absolute atomic E-state index is 0.289. The highest BCUT2D eigenvalue weighted by atomic mass is 79.9. The van der Waals surface area contributed by atoms with Crippen LogP contribution in [0.1, 0.15) is 6.42 Å². The molecule has 0 atom stereocenters. The molecular formula is C9H9BrN2O2. The standard InChI is InChI=1S/C9H9BrN2O2/c10-7-6-11-3-2-8(7)12-4-1-5-14-9(12)13/h2-3,6H,1,4-5H2. The van der Waals surface area contributed by atoms with E-state index in [0.717, 1.165) is 16.6 Å². The van der Waals surface area contributed by atoms with Crippen molar-refractivity contribution in [3.63, 3.8) is 0 Å². The Hall–Kier alpha value is -1.10. The molecule has 0 saturated carbocycles. The van der Waals surface area contributed by atoms with E-state index in [1.807, 2.05) is 0 Å². The second-order valence-electron chi connectivity index (χ2n) is 2.95. The molecule has 0 bridgehead atoms. The van der Waals surface area contributed by atoms with Crippen molar-refractivity contribution in [2.45, 2.75) is 6.42 Å². The van der Waals surface area contributed by atoms with Gasteiger partial charge in [0.25, 0.3) is 0 Å². The molecule has 0 unspecified atom stereocenters. The number of carbonyl (C=O) groups is 1. The van der Waals surface area contributed by atoms with Crippen molar-refractivity contribution >= 4 is 27.7 Å². The number of anilines is 1. The molecule has 0 aliphatic carbocycles. The summed E-state index contributed by atoms with van der Waals surface area (Å²) in [6.07, 6.45) is 3.89. The molecule has 5 heteroatoms. The molecule has 0 spiro atoms. The van der Waals surface area contributed by atoms with Crippen molar-refractivity contribution in [2.75, 3.05) is 18.1 Å². The fourth-order valence-electron chi connectivity index (χ4n) is 1.36. The molecule has 1 amide bonds. The van der Waals surface area contributed by atoms with Crippen molar-refractivity contribution in [1.29, 1.82) is 0 Å². The van der Waals surface area contributed by atoms with E-state index >= 15 is 0 Å². The van der Waals surface area contributed by atoms with Gasteiger partial charge in [-0.2, -0.15) is 0 Å². The normalized spacial score (nSPS) is 16.6. The number of amides is 1. The number of hydrogen-bond acceptors (Lipinski definition) is 3. The number of rotatable bonds is 1. The fourth-order valence-corrected chi connectivity index (χ4v) is 1.82. The van der Waals surface area contributed by atoms with Crippen LogP contribution in [0.4, 0.5) is 10.5 Å². The first-order valence-corrected chi connectivity index (χ1v) is 5.12. The smallest absolute Gasteiger partial charge is 0.414 e. The van der Waals surface area contributed by atoms with Gasteiger partial charge in [0.1, 0.15) is 0 Å². The van der Waals surface area contributed by atoms with Crippen LogP contribution in [0.3, 0.4) is 0 Å². The maximum Gasteiger partial charge on any atom is 0.414 e. The number of hydrogen-bond donors (Lipinski definition) is 0. The summed E-state index contributed by atoms with van der Waals surface area (Å²) in [7, 11) is 0. The largest absolute Gasteiger partial charge is 0.449 e. The third-order valence-electron chi connectivity index (χ3n) is 2.01. The van der Waals surface area contributed by atoms with Crippen molar-refractivity contribution in [2.24, 2.45) is 0 Å². The Kier molecular flexibility index (Phi) is 2.67. The Morgan fingerprint density at radius 2 is 2.43 bits per heavy atom. The number of ether oxygens (including phenoxy) is 1. The molecule has 74 valence electrons. The summed E-state index contributed by atoms with van der Waals surface area (Å²) in [6, 6.07) is 1.79. The van der Waals surface area contributed by atoms with Gasteiger partial charge >= 0.3 is 6.09 Å². The molecule has 2 rings (SSSR count).